The van der Waals surface area contributed by atoms with Crippen molar-refractivity contribution in [3.05, 3.63) is 149 Å². The number of ether oxygens (including phenoxy) is 3. The minimum absolute atomic E-state index is 0.0371. The maximum Gasteiger partial charge on any atom is 0.161 e. The first-order valence-corrected chi connectivity index (χ1v) is 15.0. The van der Waals surface area contributed by atoms with E-state index in [1.54, 1.807) is 18.2 Å². The Hall–Kier alpha value is -5.04. The van der Waals surface area contributed by atoms with Crippen LogP contribution in [0.1, 0.15) is 33.4 Å². The molecule has 0 unspecified atom stereocenters. The molecule has 0 bridgehead atoms. The zero-order chi connectivity index (χ0) is 31.2. The summed E-state index contributed by atoms with van der Waals surface area (Å²) in [6, 6.07) is 37.2. The van der Waals surface area contributed by atoms with Gasteiger partial charge < -0.3 is 29.5 Å². The van der Waals surface area contributed by atoms with Crippen molar-refractivity contribution in [3.8, 4) is 34.1 Å². The Morgan fingerprint density at radius 2 is 1.24 bits per heavy atom. The highest BCUT2D eigenvalue weighted by Crippen LogP contribution is 2.56. The van der Waals surface area contributed by atoms with Crippen LogP contribution in [0, 0.1) is 0 Å². The highest BCUT2D eigenvalue weighted by molar-refractivity contribution is 5.86. The summed E-state index contributed by atoms with van der Waals surface area (Å²) in [6.07, 6.45) is 3.90. The monoisotopic (exact) mass is 600 g/mol. The van der Waals surface area contributed by atoms with Gasteiger partial charge in [0.25, 0.3) is 0 Å². The van der Waals surface area contributed by atoms with Crippen molar-refractivity contribution in [2.75, 3.05) is 33.5 Å². The lowest BCUT2D eigenvalue weighted by atomic mass is 9.68. The average molecular weight is 601 g/mol. The van der Waals surface area contributed by atoms with Crippen molar-refractivity contribution in [3.63, 3.8) is 0 Å². The fourth-order valence-corrected chi connectivity index (χ4v) is 6.39. The maximum atomic E-state index is 10.7. The number of hydrogen-bond donors (Lipinski definition) is 3. The second-order valence-corrected chi connectivity index (χ2v) is 10.9. The van der Waals surface area contributed by atoms with Crippen molar-refractivity contribution in [2.24, 2.45) is 0 Å². The number of phenols is 1. The van der Waals surface area contributed by atoms with Crippen LogP contribution < -0.4 is 14.2 Å². The lowest BCUT2D eigenvalue weighted by Crippen LogP contribution is -2.28. The molecule has 0 atom stereocenters. The van der Waals surface area contributed by atoms with Crippen LogP contribution in [0.25, 0.3) is 17.2 Å². The molecule has 45 heavy (non-hydrogen) atoms. The first-order chi connectivity index (χ1) is 22.1. The molecule has 6 rings (SSSR count). The van der Waals surface area contributed by atoms with Crippen LogP contribution in [-0.4, -0.2) is 48.9 Å². The zero-order valence-corrected chi connectivity index (χ0v) is 25.1. The number of aromatic hydroxyl groups is 1. The van der Waals surface area contributed by atoms with Crippen LogP contribution in [0.15, 0.2) is 115 Å². The molecule has 0 spiro atoms. The predicted octanol–water partition coefficient (Wildman–Crippen LogP) is 6.76. The maximum absolute atomic E-state index is 10.7. The van der Waals surface area contributed by atoms with Gasteiger partial charge >= 0.3 is 0 Å². The zero-order valence-electron chi connectivity index (χ0n) is 25.1. The van der Waals surface area contributed by atoms with Gasteiger partial charge in [0.15, 0.2) is 11.5 Å². The molecule has 0 heterocycles. The number of methoxy groups -OCH3 is 1. The smallest absolute Gasteiger partial charge is 0.161 e. The van der Waals surface area contributed by atoms with Gasteiger partial charge in [-0.15, -0.1) is 0 Å². The second kappa shape index (κ2) is 13.3. The number of fused-ring (bicyclic) bond motifs is 3. The standard InChI is InChI=1S/C39H36O6/c1-43-37-26-27(7-6-21-40)25-28(38(37)42)20-23-44-31-16-12-29(13-17-31)39(30-14-18-32(19-15-30)45-24-22-41)35-10-4-2-8-33(35)34-9-3-5-11-36(34)39/h2-19,25-26,40-42H,20-24H2,1H3. The second-order valence-electron chi connectivity index (χ2n) is 10.9. The van der Waals surface area contributed by atoms with E-state index < -0.39 is 5.41 Å². The molecule has 0 saturated carbocycles. The molecule has 5 aromatic rings. The van der Waals surface area contributed by atoms with Gasteiger partial charge in [0, 0.05) is 12.0 Å². The number of aliphatic hydroxyl groups is 2. The molecular formula is C39H36O6. The first kappa shape index (κ1) is 30.0. The van der Waals surface area contributed by atoms with E-state index in [1.165, 1.54) is 29.4 Å². The van der Waals surface area contributed by atoms with Crippen LogP contribution in [0.5, 0.6) is 23.0 Å². The van der Waals surface area contributed by atoms with E-state index in [9.17, 15) is 10.2 Å². The fourth-order valence-electron chi connectivity index (χ4n) is 6.39. The summed E-state index contributed by atoms with van der Waals surface area (Å²) >= 11 is 0. The normalized spacial score (nSPS) is 13.0. The third kappa shape index (κ3) is 5.66. The summed E-state index contributed by atoms with van der Waals surface area (Å²) in [7, 11) is 1.52. The Kier molecular flexibility index (Phi) is 8.87. The molecule has 6 nitrogen and oxygen atoms in total. The number of benzene rings is 5. The van der Waals surface area contributed by atoms with Gasteiger partial charge in [-0.2, -0.15) is 0 Å². The Labute approximate surface area is 263 Å². The highest BCUT2D eigenvalue weighted by atomic mass is 16.5. The molecule has 1 aliphatic rings. The average Bonchev–Trinajstić information content (AvgIpc) is 3.39. The molecule has 0 saturated heterocycles. The quantitative estimate of drug-likeness (QED) is 0.144. The SMILES string of the molecule is COc1cc(C=CCO)cc(CCOc2ccc(C3(c4ccc(OCCO)cc4)c4ccccc4-c4ccccc43)cc2)c1O. The molecule has 5 aromatic carbocycles. The molecule has 1 aliphatic carbocycles. The number of rotatable bonds is 12. The van der Waals surface area contributed by atoms with Gasteiger partial charge in [-0.25, -0.2) is 0 Å². The number of phenolic OH excluding ortho intramolecular Hbond substituents is 1. The van der Waals surface area contributed by atoms with Crippen LogP contribution >= 0.6 is 0 Å². The summed E-state index contributed by atoms with van der Waals surface area (Å²) in [5.74, 6) is 1.91. The van der Waals surface area contributed by atoms with E-state index in [-0.39, 0.29) is 25.6 Å². The Balaban J connectivity index is 1.32. The molecule has 0 aliphatic heterocycles. The lowest BCUT2D eigenvalue weighted by Gasteiger charge is -2.34. The Bertz CT molecular complexity index is 1740. The molecule has 6 heteroatoms. The Morgan fingerprint density at radius 1 is 0.689 bits per heavy atom. The predicted molar refractivity (Wildman–Crippen MR) is 176 cm³/mol. The number of hydrogen-bond acceptors (Lipinski definition) is 6. The van der Waals surface area contributed by atoms with Crippen molar-refractivity contribution in [1.29, 1.82) is 0 Å². The van der Waals surface area contributed by atoms with E-state index in [2.05, 4.69) is 72.8 Å². The van der Waals surface area contributed by atoms with Gasteiger partial charge in [0.1, 0.15) is 18.1 Å². The summed E-state index contributed by atoms with van der Waals surface area (Å²) in [5, 5.41) is 29.0. The Morgan fingerprint density at radius 3 is 1.78 bits per heavy atom. The third-order valence-electron chi connectivity index (χ3n) is 8.34. The first-order valence-electron chi connectivity index (χ1n) is 15.0. The van der Waals surface area contributed by atoms with Crippen LogP contribution in [0.2, 0.25) is 0 Å². The molecule has 228 valence electrons. The van der Waals surface area contributed by atoms with Gasteiger partial charge in [-0.05, 0) is 75.3 Å². The molecular weight excluding hydrogens is 564 g/mol. The minimum atomic E-state index is -0.550. The summed E-state index contributed by atoms with van der Waals surface area (Å²) < 4.78 is 17.2. The molecule has 0 amide bonds. The lowest BCUT2D eigenvalue weighted by molar-refractivity contribution is 0.201. The third-order valence-corrected chi connectivity index (χ3v) is 8.34. The van der Waals surface area contributed by atoms with Crippen LogP contribution in [0.3, 0.4) is 0 Å². The number of aliphatic hydroxyl groups excluding tert-OH is 2. The summed E-state index contributed by atoms with van der Waals surface area (Å²) in [6.45, 7) is 0.497. The van der Waals surface area contributed by atoms with E-state index in [0.29, 0.717) is 30.1 Å². The molecule has 3 N–H and O–H groups in total. The van der Waals surface area contributed by atoms with Crippen molar-refractivity contribution < 1.29 is 29.5 Å². The molecule has 0 fully saturated rings. The van der Waals surface area contributed by atoms with Crippen LogP contribution in [0.4, 0.5) is 0 Å². The van der Waals surface area contributed by atoms with Gasteiger partial charge in [0.2, 0.25) is 0 Å². The van der Waals surface area contributed by atoms with Crippen LogP contribution in [-0.2, 0) is 11.8 Å². The summed E-state index contributed by atoms with van der Waals surface area (Å²) in [4.78, 5) is 0. The topological polar surface area (TPSA) is 88.4 Å². The summed E-state index contributed by atoms with van der Waals surface area (Å²) in [5.41, 5.74) is 8.05. The minimum Gasteiger partial charge on any atom is -0.504 e. The largest absolute Gasteiger partial charge is 0.504 e. The fraction of sp³-hybridized carbons (Fsp3) is 0.179. The molecule has 0 aromatic heterocycles. The van der Waals surface area contributed by atoms with E-state index in [0.717, 1.165) is 22.4 Å². The highest BCUT2D eigenvalue weighted by Gasteiger charge is 2.45. The van der Waals surface area contributed by atoms with Crippen molar-refractivity contribution in [2.45, 2.75) is 11.8 Å². The van der Waals surface area contributed by atoms with Gasteiger partial charge in [-0.3, -0.25) is 0 Å². The van der Waals surface area contributed by atoms with Gasteiger partial charge in [0.05, 0.1) is 32.3 Å². The van der Waals surface area contributed by atoms with E-state index in [4.69, 9.17) is 19.3 Å². The van der Waals surface area contributed by atoms with Crippen molar-refractivity contribution >= 4 is 6.08 Å². The van der Waals surface area contributed by atoms with Crippen molar-refractivity contribution in [1.82, 2.24) is 0 Å². The van der Waals surface area contributed by atoms with Gasteiger partial charge in [-0.1, -0.05) is 84.9 Å². The molecule has 0 radical (unpaired) electrons. The van der Waals surface area contributed by atoms with E-state index >= 15 is 0 Å². The van der Waals surface area contributed by atoms with E-state index in [1.807, 2.05) is 30.3 Å².